The predicted octanol–water partition coefficient (Wildman–Crippen LogP) is 4.18. The molecule has 0 atom stereocenters. The Morgan fingerprint density at radius 3 is 2.58 bits per heavy atom. The number of nitrogens with two attached hydrogens (primary N) is 2. The lowest BCUT2D eigenvalue weighted by Gasteiger charge is -2.19. The molecule has 0 aliphatic rings. The van der Waals surface area contributed by atoms with Gasteiger partial charge >= 0.3 is 5.97 Å². The first-order valence-electron chi connectivity index (χ1n) is 8.42. The summed E-state index contributed by atoms with van der Waals surface area (Å²) in [5, 5.41) is 1.64. The van der Waals surface area contributed by atoms with Crippen molar-refractivity contribution in [3.8, 4) is 0 Å². The zero-order chi connectivity index (χ0) is 19.7. The first kappa shape index (κ1) is 22.3. The van der Waals surface area contributed by atoms with E-state index in [4.69, 9.17) is 23.2 Å². The Balaban J connectivity index is 0.000000263. The normalized spacial score (nSPS) is 10.1. The zero-order valence-corrected chi connectivity index (χ0v) is 17.4. The van der Waals surface area contributed by atoms with E-state index in [2.05, 4.69) is 10.8 Å². The number of benzene rings is 1. The summed E-state index contributed by atoms with van der Waals surface area (Å²) < 4.78 is 4.57. The van der Waals surface area contributed by atoms with Crippen molar-refractivity contribution in [3.63, 3.8) is 0 Å². The molecule has 1 aromatic carbocycles. The van der Waals surface area contributed by atoms with Gasteiger partial charge in [-0.15, -0.1) is 22.9 Å². The molecule has 0 amide bonds. The number of methoxy groups -OCH3 is 1. The fraction of sp³-hybridized carbons (Fsp3) is 0.421. The Morgan fingerprint density at radius 2 is 2.04 bits per heavy atom. The summed E-state index contributed by atoms with van der Waals surface area (Å²) in [5.74, 6) is 6.10. The fourth-order valence-electron chi connectivity index (χ4n) is 2.26. The molecule has 4 N–H and O–H groups in total. The maximum Gasteiger partial charge on any atom is 0.305 e. The number of rotatable bonds is 6. The highest BCUT2D eigenvalue weighted by atomic mass is 35.5. The third kappa shape index (κ3) is 6.52. The van der Waals surface area contributed by atoms with E-state index in [1.54, 1.807) is 16.3 Å². The minimum atomic E-state index is -0.163. The number of nitrogen functional groups attached to an aromatic ring is 1. The Bertz CT molecular complexity index is 719. The molecule has 0 aliphatic carbocycles. The monoisotopic (exact) mass is 397 g/mol. The van der Waals surface area contributed by atoms with Crippen molar-refractivity contribution in [2.75, 3.05) is 24.4 Å². The van der Waals surface area contributed by atoms with Crippen LogP contribution in [-0.4, -0.2) is 19.6 Å². The second-order valence-corrected chi connectivity index (χ2v) is 7.41. The molecular weight excluding hydrogens is 370 g/mol. The quantitative estimate of drug-likeness (QED) is 0.251. The van der Waals surface area contributed by atoms with E-state index in [0.29, 0.717) is 12.3 Å². The Labute approximate surface area is 164 Å². The highest BCUT2D eigenvalue weighted by Crippen LogP contribution is 2.24. The molecule has 0 saturated carbocycles. The molecule has 0 unspecified atom stereocenters. The minimum Gasteiger partial charge on any atom is -0.469 e. The van der Waals surface area contributed by atoms with Crippen molar-refractivity contribution < 1.29 is 9.53 Å². The van der Waals surface area contributed by atoms with E-state index >= 15 is 0 Å². The van der Waals surface area contributed by atoms with Gasteiger partial charge in [-0.1, -0.05) is 12.1 Å². The maximum absolute atomic E-state index is 10.9. The van der Waals surface area contributed by atoms with E-state index in [-0.39, 0.29) is 5.97 Å². The van der Waals surface area contributed by atoms with E-state index in [0.717, 1.165) is 35.5 Å². The third-order valence-electron chi connectivity index (χ3n) is 3.97. The summed E-state index contributed by atoms with van der Waals surface area (Å²) in [6, 6.07) is 7.92. The second kappa shape index (κ2) is 11.1. The standard InChI is InChI=1S/C10H13ClO2S.C9H15N3/c1-7-8(6-11)5-9(14-7)3-4-10(12)13-2;1-3-12(11)8-6-4-5-7(2)9(8)10/h5H,3-4,6H2,1-2H3;4-6H,3,10-11H2,1-2H3. The molecule has 0 radical (unpaired) electrons. The number of carbonyl (C=O) groups is 1. The molecular formula is C19H28ClN3O2S. The summed E-state index contributed by atoms with van der Waals surface area (Å²) in [5.41, 5.74) is 9.73. The lowest BCUT2D eigenvalue weighted by Crippen LogP contribution is -2.31. The van der Waals surface area contributed by atoms with Crippen LogP contribution >= 0.6 is 22.9 Å². The predicted molar refractivity (Wildman–Crippen MR) is 112 cm³/mol. The van der Waals surface area contributed by atoms with Gasteiger partial charge in [0.2, 0.25) is 0 Å². The number of nitrogens with zero attached hydrogens (tertiary/aromatic N) is 1. The van der Waals surface area contributed by atoms with Crippen LogP contribution in [-0.2, 0) is 21.8 Å². The summed E-state index contributed by atoms with van der Waals surface area (Å²) in [7, 11) is 1.41. The molecule has 1 aromatic heterocycles. The number of halogens is 1. The fourth-order valence-corrected chi connectivity index (χ4v) is 3.67. The van der Waals surface area contributed by atoms with Crippen molar-refractivity contribution in [2.45, 2.75) is 39.5 Å². The van der Waals surface area contributed by atoms with Gasteiger partial charge in [-0.3, -0.25) is 4.79 Å². The molecule has 144 valence electrons. The van der Waals surface area contributed by atoms with Crippen LogP contribution in [0.4, 0.5) is 11.4 Å². The largest absolute Gasteiger partial charge is 0.469 e. The van der Waals surface area contributed by atoms with Crippen LogP contribution in [0.1, 0.15) is 34.2 Å². The Hall–Kier alpha value is -1.76. The van der Waals surface area contributed by atoms with Gasteiger partial charge in [-0.05, 0) is 50.5 Å². The highest BCUT2D eigenvalue weighted by molar-refractivity contribution is 7.12. The van der Waals surface area contributed by atoms with Crippen molar-refractivity contribution in [3.05, 3.63) is 45.1 Å². The lowest BCUT2D eigenvalue weighted by atomic mass is 10.1. The number of carbonyl (C=O) groups excluding carboxylic acids is 1. The molecule has 7 heteroatoms. The molecule has 2 rings (SSSR count). The number of esters is 1. The van der Waals surface area contributed by atoms with Crippen molar-refractivity contribution in [2.24, 2.45) is 5.84 Å². The third-order valence-corrected chi connectivity index (χ3v) is 5.41. The average molecular weight is 398 g/mol. The van der Waals surface area contributed by atoms with Gasteiger partial charge in [0.15, 0.2) is 0 Å². The van der Waals surface area contributed by atoms with E-state index < -0.39 is 0 Å². The van der Waals surface area contributed by atoms with Crippen molar-refractivity contribution in [1.29, 1.82) is 0 Å². The Morgan fingerprint density at radius 1 is 1.35 bits per heavy atom. The number of hydrazine groups is 1. The van der Waals surface area contributed by atoms with E-state index in [1.807, 2.05) is 39.0 Å². The number of thiophene rings is 1. The van der Waals surface area contributed by atoms with Crippen LogP contribution in [0, 0.1) is 13.8 Å². The van der Waals surface area contributed by atoms with Gasteiger partial charge in [0.1, 0.15) is 0 Å². The number of ether oxygens (including phenoxy) is 1. The van der Waals surface area contributed by atoms with Crippen LogP contribution in [0.25, 0.3) is 0 Å². The molecule has 0 saturated heterocycles. The van der Waals surface area contributed by atoms with E-state index in [9.17, 15) is 4.79 Å². The van der Waals surface area contributed by atoms with Crippen LogP contribution in [0.2, 0.25) is 0 Å². The number of hydrogen-bond acceptors (Lipinski definition) is 6. The number of hydrogen-bond donors (Lipinski definition) is 2. The number of aryl methyl sites for hydroxylation is 3. The minimum absolute atomic E-state index is 0.163. The van der Waals surface area contributed by atoms with E-state index in [1.165, 1.54) is 16.9 Å². The summed E-state index contributed by atoms with van der Waals surface area (Å²) >= 11 is 7.45. The highest BCUT2D eigenvalue weighted by Gasteiger charge is 2.07. The summed E-state index contributed by atoms with van der Waals surface area (Å²) in [4.78, 5) is 13.3. The van der Waals surface area contributed by atoms with Crippen molar-refractivity contribution >= 4 is 40.3 Å². The van der Waals surface area contributed by atoms with Crippen LogP contribution in [0.3, 0.4) is 0 Å². The topological polar surface area (TPSA) is 81.6 Å². The Kier molecular flexibility index (Phi) is 9.48. The lowest BCUT2D eigenvalue weighted by molar-refractivity contribution is -0.140. The SMILES string of the molecule is CCN(N)c1cccc(C)c1N.COC(=O)CCc1cc(CCl)c(C)s1. The summed E-state index contributed by atoms with van der Waals surface area (Å²) in [6.45, 7) is 6.77. The first-order valence-corrected chi connectivity index (χ1v) is 9.77. The van der Waals surface area contributed by atoms with Gasteiger partial charge < -0.3 is 15.5 Å². The van der Waals surface area contributed by atoms with Crippen LogP contribution < -0.4 is 16.6 Å². The molecule has 0 fully saturated rings. The second-order valence-electron chi connectivity index (χ2n) is 5.80. The van der Waals surface area contributed by atoms with Gasteiger partial charge in [-0.2, -0.15) is 0 Å². The summed E-state index contributed by atoms with van der Waals surface area (Å²) in [6.07, 6.45) is 1.19. The van der Waals surface area contributed by atoms with Gasteiger partial charge in [0.05, 0.1) is 24.9 Å². The molecule has 26 heavy (non-hydrogen) atoms. The number of anilines is 2. The first-order chi connectivity index (χ1) is 12.3. The molecule has 5 nitrogen and oxygen atoms in total. The number of para-hydroxylation sites is 1. The molecule has 0 aliphatic heterocycles. The molecule has 1 heterocycles. The van der Waals surface area contributed by atoms with Gasteiger partial charge in [-0.25, -0.2) is 5.84 Å². The molecule has 2 aromatic rings. The number of alkyl halides is 1. The van der Waals surface area contributed by atoms with Crippen LogP contribution in [0.5, 0.6) is 0 Å². The molecule has 0 spiro atoms. The van der Waals surface area contributed by atoms with Gasteiger partial charge in [0.25, 0.3) is 0 Å². The smallest absolute Gasteiger partial charge is 0.305 e. The average Bonchev–Trinajstić information content (AvgIpc) is 3.01. The molecule has 0 bridgehead atoms. The van der Waals surface area contributed by atoms with Crippen LogP contribution in [0.15, 0.2) is 24.3 Å². The maximum atomic E-state index is 10.9. The zero-order valence-electron chi connectivity index (χ0n) is 15.8. The van der Waals surface area contributed by atoms with Crippen molar-refractivity contribution in [1.82, 2.24) is 0 Å². The van der Waals surface area contributed by atoms with Gasteiger partial charge in [0, 0.05) is 22.2 Å².